The molecule has 3 aromatic rings. The number of hydrogen-bond acceptors (Lipinski definition) is 2. The SMILES string of the molecule is Cc1c(Cl)ccc2c(=O)c(C(=O)Nc3ccc(Br)cc3)c[nH]c12. The fraction of sp³-hybridized carbons (Fsp3) is 0.0588. The molecular formula is C17H12BrClN2O2. The summed E-state index contributed by atoms with van der Waals surface area (Å²) in [5.74, 6) is -0.455. The molecule has 4 nitrogen and oxygen atoms in total. The molecule has 0 bridgehead atoms. The highest BCUT2D eigenvalue weighted by atomic mass is 79.9. The third kappa shape index (κ3) is 3.02. The van der Waals surface area contributed by atoms with Gasteiger partial charge < -0.3 is 10.3 Å². The molecular weight excluding hydrogens is 380 g/mol. The van der Waals surface area contributed by atoms with E-state index in [1.165, 1.54) is 6.20 Å². The average molecular weight is 392 g/mol. The summed E-state index contributed by atoms with van der Waals surface area (Å²) in [4.78, 5) is 27.9. The number of aryl methyl sites for hydroxylation is 1. The Labute approximate surface area is 145 Å². The quantitative estimate of drug-likeness (QED) is 0.675. The van der Waals surface area contributed by atoms with E-state index >= 15 is 0 Å². The summed E-state index contributed by atoms with van der Waals surface area (Å²) in [5.41, 5.74) is 1.77. The molecule has 0 atom stereocenters. The maximum Gasteiger partial charge on any atom is 0.261 e. The van der Waals surface area contributed by atoms with Crippen molar-refractivity contribution in [2.45, 2.75) is 6.92 Å². The van der Waals surface area contributed by atoms with E-state index in [9.17, 15) is 9.59 Å². The van der Waals surface area contributed by atoms with Crippen molar-refractivity contribution in [2.24, 2.45) is 0 Å². The van der Waals surface area contributed by atoms with E-state index in [-0.39, 0.29) is 11.0 Å². The van der Waals surface area contributed by atoms with Gasteiger partial charge in [0.15, 0.2) is 0 Å². The van der Waals surface area contributed by atoms with E-state index in [0.717, 1.165) is 10.0 Å². The zero-order valence-electron chi connectivity index (χ0n) is 12.1. The Bertz CT molecular complexity index is 965. The van der Waals surface area contributed by atoms with Crippen LogP contribution in [-0.4, -0.2) is 10.9 Å². The lowest BCUT2D eigenvalue weighted by molar-refractivity contribution is 0.102. The summed E-state index contributed by atoms with van der Waals surface area (Å²) in [5, 5.41) is 3.72. The highest BCUT2D eigenvalue weighted by Crippen LogP contribution is 2.22. The van der Waals surface area contributed by atoms with Crippen molar-refractivity contribution >= 4 is 50.0 Å². The van der Waals surface area contributed by atoms with Crippen LogP contribution in [0.15, 0.2) is 51.9 Å². The number of carbonyl (C=O) groups excluding carboxylic acids is 1. The van der Waals surface area contributed by atoms with Crippen LogP contribution in [0.1, 0.15) is 15.9 Å². The Morgan fingerprint density at radius 1 is 1.17 bits per heavy atom. The van der Waals surface area contributed by atoms with Crippen molar-refractivity contribution in [3.63, 3.8) is 0 Å². The number of aromatic nitrogens is 1. The Hall–Kier alpha value is -2.11. The molecule has 0 saturated carbocycles. The largest absolute Gasteiger partial charge is 0.360 e. The first kappa shape index (κ1) is 15.8. The zero-order chi connectivity index (χ0) is 16.6. The fourth-order valence-corrected chi connectivity index (χ4v) is 2.74. The summed E-state index contributed by atoms with van der Waals surface area (Å²) in [6, 6.07) is 10.4. The highest BCUT2D eigenvalue weighted by molar-refractivity contribution is 9.10. The van der Waals surface area contributed by atoms with Crippen LogP contribution in [-0.2, 0) is 0 Å². The van der Waals surface area contributed by atoms with Crippen molar-refractivity contribution in [1.29, 1.82) is 0 Å². The summed E-state index contributed by atoms with van der Waals surface area (Å²) in [6.45, 7) is 1.82. The monoisotopic (exact) mass is 390 g/mol. The molecule has 1 amide bonds. The van der Waals surface area contributed by atoms with E-state index in [1.54, 1.807) is 24.3 Å². The van der Waals surface area contributed by atoms with Gasteiger partial charge in [0.25, 0.3) is 5.91 Å². The Balaban J connectivity index is 2.01. The number of rotatable bonds is 2. The minimum atomic E-state index is -0.455. The van der Waals surface area contributed by atoms with Crippen LogP contribution < -0.4 is 10.7 Å². The maximum atomic E-state index is 12.5. The molecule has 0 aliphatic carbocycles. The van der Waals surface area contributed by atoms with E-state index in [4.69, 9.17) is 11.6 Å². The topological polar surface area (TPSA) is 62.0 Å². The molecule has 1 aromatic heterocycles. The first-order valence-electron chi connectivity index (χ1n) is 6.85. The molecule has 0 aliphatic heterocycles. The predicted molar refractivity (Wildman–Crippen MR) is 96.4 cm³/mol. The van der Waals surface area contributed by atoms with Gasteiger partial charge in [-0.15, -0.1) is 0 Å². The van der Waals surface area contributed by atoms with E-state index in [1.807, 2.05) is 19.1 Å². The second-order valence-electron chi connectivity index (χ2n) is 5.09. The molecule has 0 saturated heterocycles. The molecule has 23 heavy (non-hydrogen) atoms. The summed E-state index contributed by atoms with van der Waals surface area (Å²) in [7, 11) is 0. The molecule has 0 spiro atoms. The summed E-state index contributed by atoms with van der Waals surface area (Å²) < 4.78 is 0.909. The van der Waals surface area contributed by atoms with Gasteiger partial charge in [-0.25, -0.2) is 0 Å². The molecule has 1 heterocycles. The third-order valence-electron chi connectivity index (χ3n) is 3.60. The molecule has 3 rings (SSSR count). The lowest BCUT2D eigenvalue weighted by Gasteiger charge is -2.08. The van der Waals surface area contributed by atoms with Crippen LogP contribution in [0, 0.1) is 6.92 Å². The van der Waals surface area contributed by atoms with Crippen LogP contribution in [0.2, 0.25) is 5.02 Å². The van der Waals surface area contributed by atoms with Crippen LogP contribution in [0.3, 0.4) is 0 Å². The van der Waals surface area contributed by atoms with Crippen LogP contribution in [0.25, 0.3) is 10.9 Å². The van der Waals surface area contributed by atoms with Gasteiger partial charge >= 0.3 is 0 Å². The second kappa shape index (κ2) is 6.18. The smallest absolute Gasteiger partial charge is 0.261 e. The number of pyridine rings is 1. The standard InChI is InChI=1S/C17H12BrClN2O2/c1-9-14(19)7-6-12-15(9)20-8-13(16(12)22)17(23)21-11-4-2-10(18)3-5-11/h2-8H,1H3,(H,20,22)(H,21,23). The number of nitrogens with one attached hydrogen (secondary N) is 2. The summed E-state index contributed by atoms with van der Waals surface area (Å²) in [6.07, 6.45) is 1.42. The van der Waals surface area contributed by atoms with Crippen molar-refractivity contribution in [3.8, 4) is 0 Å². The number of aromatic amines is 1. The van der Waals surface area contributed by atoms with Gasteiger partial charge in [-0.1, -0.05) is 27.5 Å². The third-order valence-corrected chi connectivity index (χ3v) is 4.53. The van der Waals surface area contributed by atoms with Gasteiger partial charge in [-0.05, 0) is 48.9 Å². The lowest BCUT2D eigenvalue weighted by atomic mass is 10.1. The molecule has 6 heteroatoms. The van der Waals surface area contributed by atoms with Crippen LogP contribution in [0.5, 0.6) is 0 Å². The summed E-state index contributed by atoms with van der Waals surface area (Å²) >= 11 is 9.39. The number of carbonyl (C=O) groups is 1. The average Bonchev–Trinajstić information content (AvgIpc) is 2.53. The van der Waals surface area contributed by atoms with Gasteiger partial charge in [0.1, 0.15) is 5.56 Å². The maximum absolute atomic E-state index is 12.5. The number of H-pyrrole nitrogens is 1. The Kier molecular flexibility index (Phi) is 4.24. The van der Waals surface area contributed by atoms with Gasteiger partial charge in [0.05, 0.1) is 5.52 Å². The van der Waals surface area contributed by atoms with E-state index in [2.05, 4.69) is 26.2 Å². The number of fused-ring (bicyclic) bond motifs is 1. The van der Waals surface area contributed by atoms with Gasteiger partial charge in [-0.2, -0.15) is 0 Å². The lowest BCUT2D eigenvalue weighted by Crippen LogP contribution is -2.22. The van der Waals surface area contributed by atoms with Gasteiger partial charge in [0.2, 0.25) is 5.43 Å². The fourth-order valence-electron chi connectivity index (χ4n) is 2.32. The zero-order valence-corrected chi connectivity index (χ0v) is 14.5. The molecule has 2 N–H and O–H groups in total. The first-order chi connectivity index (χ1) is 11.0. The van der Waals surface area contributed by atoms with E-state index < -0.39 is 5.91 Å². The molecule has 0 unspecified atom stereocenters. The van der Waals surface area contributed by atoms with Gasteiger partial charge in [0, 0.05) is 26.8 Å². The van der Waals surface area contributed by atoms with Crippen molar-refractivity contribution in [1.82, 2.24) is 4.98 Å². The Morgan fingerprint density at radius 2 is 1.87 bits per heavy atom. The molecule has 0 fully saturated rings. The molecule has 0 radical (unpaired) electrons. The molecule has 2 aromatic carbocycles. The normalized spacial score (nSPS) is 10.7. The second-order valence-corrected chi connectivity index (χ2v) is 6.41. The van der Waals surface area contributed by atoms with Crippen molar-refractivity contribution in [3.05, 3.63) is 73.4 Å². The van der Waals surface area contributed by atoms with Crippen LogP contribution in [0.4, 0.5) is 5.69 Å². The van der Waals surface area contributed by atoms with Crippen molar-refractivity contribution in [2.75, 3.05) is 5.32 Å². The number of halogens is 2. The first-order valence-corrected chi connectivity index (χ1v) is 8.02. The number of benzene rings is 2. The van der Waals surface area contributed by atoms with Gasteiger partial charge in [-0.3, -0.25) is 9.59 Å². The minimum absolute atomic E-state index is 0.0575. The number of anilines is 1. The molecule has 0 aliphatic rings. The minimum Gasteiger partial charge on any atom is -0.360 e. The van der Waals surface area contributed by atoms with Crippen LogP contribution >= 0.6 is 27.5 Å². The van der Waals surface area contributed by atoms with E-state index in [0.29, 0.717) is 21.6 Å². The number of amides is 1. The predicted octanol–water partition coefficient (Wildman–Crippen LogP) is 4.50. The Morgan fingerprint density at radius 3 is 2.57 bits per heavy atom. The number of hydrogen-bond donors (Lipinski definition) is 2. The molecule has 116 valence electrons. The highest BCUT2D eigenvalue weighted by Gasteiger charge is 2.14. The van der Waals surface area contributed by atoms with Crippen molar-refractivity contribution < 1.29 is 4.79 Å².